The zero-order chi connectivity index (χ0) is 15.3. The summed E-state index contributed by atoms with van der Waals surface area (Å²) in [5.41, 5.74) is 5.20. The molecule has 1 aromatic carbocycles. The second kappa shape index (κ2) is 6.97. The van der Waals surface area contributed by atoms with E-state index in [1.807, 2.05) is 5.32 Å². The van der Waals surface area contributed by atoms with Crippen LogP contribution in [0.15, 0.2) is 12.1 Å². The second-order valence-electron chi connectivity index (χ2n) is 3.87. The first-order valence-corrected chi connectivity index (χ1v) is 6.01. The molecule has 1 atom stereocenters. The number of rotatable bonds is 5. The molecule has 3 amide bonds. The van der Waals surface area contributed by atoms with Crippen LogP contribution in [0.4, 0.5) is 4.79 Å². The average Bonchev–Trinajstić information content (AvgIpc) is 2.38. The highest BCUT2D eigenvalue weighted by molar-refractivity contribution is 6.30. The van der Waals surface area contributed by atoms with Gasteiger partial charge in [-0.2, -0.15) is 0 Å². The van der Waals surface area contributed by atoms with Gasteiger partial charge >= 0.3 is 6.03 Å². The van der Waals surface area contributed by atoms with Gasteiger partial charge in [-0.05, 0) is 13.0 Å². The van der Waals surface area contributed by atoms with Crippen molar-refractivity contribution in [3.05, 3.63) is 22.7 Å². The third-order valence-corrected chi connectivity index (χ3v) is 2.62. The van der Waals surface area contributed by atoms with E-state index in [2.05, 4.69) is 0 Å². The number of carbonyl (C=O) groups is 2. The molecule has 0 bridgehead atoms. The van der Waals surface area contributed by atoms with Crippen molar-refractivity contribution in [1.82, 2.24) is 5.32 Å². The maximum Gasteiger partial charge on any atom is 0.318 e. The molecule has 0 saturated carbocycles. The van der Waals surface area contributed by atoms with Crippen molar-refractivity contribution in [2.75, 3.05) is 7.11 Å². The highest BCUT2D eigenvalue weighted by atomic mass is 35.5. The van der Waals surface area contributed by atoms with Crippen LogP contribution in [0.25, 0.3) is 0 Å². The standard InChI is InChI=1S/C12H15ClN2O5/c1-6(11(17)15-12(14)18)20-10-7(5-16)3-8(13)4-9(10)19-2/h3-4,6,16H,5H2,1-2H3,(H3,14,15,17,18). The summed E-state index contributed by atoms with van der Waals surface area (Å²) in [5, 5.41) is 11.5. The van der Waals surface area contributed by atoms with Crippen molar-refractivity contribution in [1.29, 1.82) is 0 Å². The molecule has 110 valence electrons. The second-order valence-corrected chi connectivity index (χ2v) is 4.30. The van der Waals surface area contributed by atoms with Crippen molar-refractivity contribution < 1.29 is 24.2 Å². The molecule has 8 heteroatoms. The van der Waals surface area contributed by atoms with E-state index in [4.69, 9.17) is 26.8 Å². The molecule has 0 saturated heterocycles. The average molecular weight is 303 g/mol. The van der Waals surface area contributed by atoms with Gasteiger partial charge in [-0.25, -0.2) is 4.79 Å². The van der Waals surface area contributed by atoms with E-state index in [-0.39, 0.29) is 18.1 Å². The van der Waals surface area contributed by atoms with E-state index in [9.17, 15) is 14.7 Å². The van der Waals surface area contributed by atoms with E-state index in [0.717, 1.165) is 0 Å². The van der Waals surface area contributed by atoms with Crippen LogP contribution in [0.3, 0.4) is 0 Å². The number of hydrogen-bond donors (Lipinski definition) is 3. The summed E-state index contributed by atoms with van der Waals surface area (Å²) in [5.74, 6) is -0.273. The van der Waals surface area contributed by atoms with Crippen LogP contribution in [0.5, 0.6) is 11.5 Å². The monoisotopic (exact) mass is 302 g/mol. The van der Waals surface area contributed by atoms with Crippen LogP contribution in [0.2, 0.25) is 5.02 Å². The molecule has 0 radical (unpaired) electrons. The smallest absolute Gasteiger partial charge is 0.318 e. The minimum atomic E-state index is -1.01. The molecule has 1 unspecified atom stereocenters. The van der Waals surface area contributed by atoms with Gasteiger partial charge in [0, 0.05) is 16.7 Å². The summed E-state index contributed by atoms with van der Waals surface area (Å²) in [7, 11) is 1.40. The van der Waals surface area contributed by atoms with Crippen LogP contribution in [-0.2, 0) is 11.4 Å². The van der Waals surface area contributed by atoms with Crippen molar-refractivity contribution in [2.24, 2.45) is 5.73 Å². The number of urea groups is 1. The number of amides is 3. The number of imide groups is 1. The fourth-order valence-electron chi connectivity index (χ4n) is 1.48. The lowest BCUT2D eigenvalue weighted by Gasteiger charge is -2.18. The van der Waals surface area contributed by atoms with E-state index < -0.39 is 18.0 Å². The number of aliphatic hydroxyl groups excluding tert-OH is 1. The fourth-order valence-corrected chi connectivity index (χ4v) is 1.71. The maximum atomic E-state index is 11.6. The van der Waals surface area contributed by atoms with E-state index >= 15 is 0 Å². The Morgan fingerprint density at radius 2 is 2.15 bits per heavy atom. The van der Waals surface area contributed by atoms with Crippen LogP contribution in [0.1, 0.15) is 12.5 Å². The van der Waals surface area contributed by atoms with Crippen molar-refractivity contribution in [3.8, 4) is 11.5 Å². The van der Waals surface area contributed by atoms with Crippen molar-refractivity contribution in [2.45, 2.75) is 19.6 Å². The Bertz CT molecular complexity index is 496. The molecular formula is C12H15ClN2O5. The van der Waals surface area contributed by atoms with Gasteiger partial charge < -0.3 is 20.3 Å². The molecule has 7 nitrogen and oxygen atoms in total. The summed E-state index contributed by atoms with van der Waals surface area (Å²) in [6, 6.07) is 1.99. The Morgan fingerprint density at radius 1 is 1.50 bits per heavy atom. The number of ether oxygens (including phenoxy) is 2. The number of aliphatic hydroxyl groups is 1. The van der Waals surface area contributed by atoms with Gasteiger partial charge in [0.2, 0.25) is 0 Å². The molecule has 1 rings (SSSR count). The van der Waals surface area contributed by atoms with Gasteiger partial charge in [0.25, 0.3) is 5.91 Å². The predicted octanol–water partition coefficient (Wildman–Crippen LogP) is 0.803. The third kappa shape index (κ3) is 4.01. The summed E-state index contributed by atoms with van der Waals surface area (Å²) < 4.78 is 10.5. The zero-order valence-corrected chi connectivity index (χ0v) is 11.7. The molecule has 0 aliphatic rings. The first-order valence-electron chi connectivity index (χ1n) is 5.63. The lowest BCUT2D eigenvalue weighted by atomic mass is 10.2. The first kappa shape index (κ1) is 16.1. The van der Waals surface area contributed by atoms with Crippen LogP contribution in [-0.4, -0.2) is 30.3 Å². The normalized spacial score (nSPS) is 11.6. The number of nitrogens with two attached hydrogens (primary N) is 1. The van der Waals surface area contributed by atoms with E-state index in [0.29, 0.717) is 10.6 Å². The lowest BCUT2D eigenvalue weighted by molar-refractivity contribution is -0.126. The number of carbonyl (C=O) groups excluding carboxylic acids is 2. The largest absolute Gasteiger partial charge is 0.493 e. The molecule has 20 heavy (non-hydrogen) atoms. The minimum absolute atomic E-state index is 0.173. The molecule has 0 aliphatic heterocycles. The summed E-state index contributed by atoms with van der Waals surface area (Å²) >= 11 is 5.86. The Hall–Kier alpha value is -1.99. The Labute approximate surface area is 120 Å². The number of primary amides is 1. The van der Waals surface area contributed by atoms with Crippen molar-refractivity contribution in [3.63, 3.8) is 0 Å². The predicted molar refractivity (Wildman–Crippen MR) is 71.7 cm³/mol. The minimum Gasteiger partial charge on any atom is -0.493 e. The van der Waals surface area contributed by atoms with Gasteiger partial charge in [0.1, 0.15) is 0 Å². The number of benzene rings is 1. The molecule has 1 aromatic rings. The van der Waals surface area contributed by atoms with Crippen LogP contribution < -0.4 is 20.5 Å². The summed E-state index contributed by atoms with van der Waals surface area (Å²) in [6.07, 6.45) is -1.01. The lowest BCUT2D eigenvalue weighted by Crippen LogP contribution is -2.42. The van der Waals surface area contributed by atoms with Crippen LogP contribution in [0, 0.1) is 0 Å². The highest BCUT2D eigenvalue weighted by Gasteiger charge is 2.20. The highest BCUT2D eigenvalue weighted by Crippen LogP contribution is 2.35. The molecule has 4 N–H and O–H groups in total. The molecule has 0 aliphatic carbocycles. The fraction of sp³-hybridized carbons (Fsp3) is 0.333. The van der Waals surface area contributed by atoms with Gasteiger partial charge in [-0.1, -0.05) is 11.6 Å². The topological polar surface area (TPSA) is 111 Å². The third-order valence-electron chi connectivity index (χ3n) is 2.40. The summed E-state index contributed by atoms with van der Waals surface area (Å²) in [4.78, 5) is 22.2. The number of nitrogens with one attached hydrogen (secondary N) is 1. The molecule has 0 heterocycles. The van der Waals surface area contributed by atoms with Crippen LogP contribution >= 0.6 is 11.6 Å². The Balaban J connectivity index is 3.01. The Kier molecular flexibility index (Phi) is 5.60. The maximum absolute atomic E-state index is 11.6. The van der Waals surface area contributed by atoms with Gasteiger partial charge in [0.15, 0.2) is 17.6 Å². The molecule has 0 fully saturated rings. The van der Waals surface area contributed by atoms with Crippen molar-refractivity contribution >= 4 is 23.5 Å². The van der Waals surface area contributed by atoms with Gasteiger partial charge in [0.05, 0.1) is 13.7 Å². The molecule has 0 aromatic heterocycles. The molecule has 0 spiro atoms. The number of halogens is 1. The zero-order valence-electron chi connectivity index (χ0n) is 11.0. The summed E-state index contributed by atoms with van der Waals surface area (Å²) in [6.45, 7) is 1.07. The SMILES string of the molecule is COc1cc(Cl)cc(CO)c1OC(C)C(=O)NC(N)=O. The van der Waals surface area contributed by atoms with Gasteiger partial charge in [-0.15, -0.1) is 0 Å². The molecular weight excluding hydrogens is 288 g/mol. The quantitative estimate of drug-likeness (QED) is 0.745. The van der Waals surface area contributed by atoms with Gasteiger partial charge in [-0.3, -0.25) is 10.1 Å². The number of hydrogen-bond acceptors (Lipinski definition) is 5. The first-order chi connectivity index (χ1) is 9.38. The Morgan fingerprint density at radius 3 is 2.65 bits per heavy atom. The van der Waals surface area contributed by atoms with E-state index in [1.54, 1.807) is 0 Å². The van der Waals surface area contributed by atoms with E-state index in [1.165, 1.54) is 26.2 Å². The number of methoxy groups -OCH3 is 1.